The maximum absolute atomic E-state index is 13.7. The summed E-state index contributed by atoms with van der Waals surface area (Å²) in [7, 11) is -2.64. The topological polar surface area (TPSA) is 96.0 Å². The van der Waals surface area contributed by atoms with Crippen LogP contribution in [0.2, 0.25) is 0 Å². The molecular formula is C27H28BrN3O5S. The van der Waals surface area contributed by atoms with Crippen molar-refractivity contribution in [2.75, 3.05) is 36.4 Å². The molecule has 0 atom stereocenters. The van der Waals surface area contributed by atoms with E-state index in [4.69, 9.17) is 4.74 Å². The van der Waals surface area contributed by atoms with Crippen LogP contribution < -0.4 is 14.4 Å². The summed E-state index contributed by atoms with van der Waals surface area (Å²) in [5.74, 6) is -0.240. The molecule has 0 aromatic heterocycles. The van der Waals surface area contributed by atoms with Gasteiger partial charge >= 0.3 is 0 Å². The van der Waals surface area contributed by atoms with Gasteiger partial charge in [-0.1, -0.05) is 29.8 Å². The van der Waals surface area contributed by atoms with E-state index in [1.165, 1.54) is 19.2 Å². The molecule has 2 amide bonds. The number of ether oxygens (including phenoxy) is 1. The number of hydrogen-bond donors (Lipinski definition) is 1. The Labute approximate surface area is 225 Å². The average Bonchev–Trinajstić information content (AvgIpc) is 3.43. The highest BCUT2D eigenvalue weighted by Crippen LogP contribution is 2.31. The smallest absolute Gasteiger partial charge is 0.264 e. The number of halogens is 1. The molecule has 0 spiro atoms. The van der Waals surface area contributed by atoms with E-state index < -0.39 is 22.5 Å². The average molecular weight is 587 g/mol. The number of anilines is 2. The van der Waals surface area contributed by atoms with Gasteiger partial charge in [0.15, 0.2) is 0 Å². The number of carbonyl (C=O) groups is 2. The number of nitrogens with zero attached hydrogens (tertiary/aromatic N) is 2. The number of nitrogens with one attached hydrogen (secondary N) is 1. The number of rotatable bonds is 8. The van der Waals surface area contributed by atoms with Gasteiger partial charge in [0.25, 0.3) is 15.9 Å². The first-order valence-electron chi connectivity index (χ1n) is 11.8. The second-order valence-electron chi connectivity index (χ2n) is 8.74. The molecule has 3 aromatic carbocycles. The number of benzene rings is 3. The Morgan fingerprint density at radius 3 is 2.35 bits per heavy atom. The molecule has 1 aliphatic rings. The lowest BCUT2D eigenvalue weighted by Gasteiger charge is -2.25. The molecule has 0 aliphatic carbocycles. The van der Waals surface area contributed by atoms with Crippen LogP contribution in [-0.4, -0.2) is 51.9 Å². The Morgan fingerprint density at radius 2 is 1.70 bits per heavy atom. The highest BCUT2D eigenvalue weighted by atomic mass is 79.9. The van der Waals surface area contributed by atoms with Gasteiger partial charge in [-0.25, -0.2) is 8.42 Å². The van der Waals surface area contributed by atoms with E-state index in [9.17, 15) is 18.0 Å². The Hall–Kier alpha value is -3.37. The number of aryl methyl sites for hydroxylation is 1. The van der Waals surface area contributed by atoms with Gasteiger partial charge in [-0.3, -0.25) is 13.9 Å². The van der Waals surface area contributed by atoms with Crippen LogP contribution in [0.1, 0.15) is 28.8 Å². The van der Waals surface area contributed by atoms with Crippen molar-refractivity contribution in [3.63, 3.8) is 0 Å². The van der Waals surface area contributed by atoms with Crippen molar-refractivity contribution in [2.45, 2.75) is 24.7 Å². The van der Waals surface area contributed by atoms with Crippen LogP contribution in [0.4, 0.5) is 11.4 Å². The maximum Gasteiger partial charge on any atom is 0.264 e. The van der Waals surface area contributed by atoms with E-state index in [0.29, 0.717) is 40.2 Å². The van der Waals surface area contributed by atoms with Gasteiger partial charge in [-0.15, -0.1) is 0 Å². The summed E-state index contributed by atoms with van der Waals surface area (Å²) in [4.78, 5) is 28.0. The fourth-order valence-corrected chi connectivity index (χ4v) is 6.29. The van der Waals surface area contributed by atoms with Crippen LogP contribution in [0.5, 0.6) is 5.75 Å². The largest absolute Gasteiger partial charge is 0.496 e. The predicted molar refractivity (Wildman–Crippen MR) is 147 cm³/mol. The number of carbonyl (C=O) groups excluding carboxylic acids is 2. The van der Waals surface area contributed by atoms with Gasteiger partial charge in [0.1, 0.15) is 12.3 Å². The lowest BCUT2D eigenvalue weighted by molar-refractivity contribution is -0.114. The number of likely N-dealkylation sites (tertiary alicyclic amines) is 1. The molecule has 0 radical (unpaired) electrons. The van der Waals surface area contributed by atoms with Crippen LogP contribution in [0.15, 0.2) is 76.1 Å². The molecular weight excluding hydrogens is 558 g/mol. The third-order valence-corrected chi connectivity index (χ3v) is 8.53. The SMILES string of the molecule is COc1ccc(S(=O)(=O)N(CC(=O)Nc2ccccc2C(=O)N2CCCC2)c2ccc(C)cc2)cc1Br. The molecule has 4 rings (SSSR count). The summed E-state index contributed by atoms with van der Waals surface area (Å²) in [5.41, 5.74) is 2.01. The zero-order valence-electron chi connectivity index (χ0n) is 20.6. The Kier molecular flexibility index (Phi) is 8.19. The first kappa shape index (κ1) is 26.7. The second kappa shape index (κ2) is 11.4. The van der Waals surface area contributed by atoms with Crippen molar-refractivity contribution in [3.05, 3.63) is 82.3 Å². The third-order valence-electron chi connectivity index (χ3n) is 6.15. The molecule has 37 heavy (non-hydrogen) atoms. The fraction of sp³-hybridized carbons (Fsp3) is 0.259. The quantitative estimate of drug-likeness (QED) is 0.408. The molecule has 0 bridgehead atoms. The summed E-state index contributed by atoms with van der Waals surface area (Å²) in [6.07, 6.45) is 1.90. The predicted octanol–water partition coefficient (Wildman–Crippen LogP) is 4.84. The second-order valence-corrected chi connectivity index (χ2v) is 11.5. The zero-order valence-corrected chi connectivity index (χ0v) is 23.0. The number of methoxy groups -OCH3 is 1. The first-order valence-corrected chi connectivity index (χ1v) is 14.0. The maximum atomic E-state index is 13.7. The summed E-state index contributed by atoms with van der Waals surface area (Å²) >= 11 is 3.34. The van der Waals surface area contributed by atoms with E-state index in [1.807, 2.05) is 6.92 Å². The minimum Gasteiger partial charge on any atom is -0.496 e. The molecule has 1 heterocycles. The lowest BCUT2D eigenvalue weighted by atomic mass is 10.1. The normalized spacial score (nSPS) is 13.3. The van der Waals surface area contributed by atoms with Gasteiger partial charge in [0.05, 0.1) is 33.4 Å². The molecule has 1 N–H and O–H groups in total. The van der Waals surface area contributed by atoms with Gasteiger partial charge < -0.3 is 15.0 Å². The van der Waals surface area contributed by atoms with Crippen molar-refractivity contribution >= 4 is 49.1 Å². The van der Waals surface area contributed by atoms with Crippen LogP contribution >= 0.6 is 15.9 Å². The molecule has 1 fully saturated rings. The highest BCUT2D eigenvalue weighted by molar-refractivity contribution is 9.10. The standard InChI is InChI=1S/C27H28BrN3O5S/c1-19-9-11-20(12-10-19)31(37(34,35)21-13-14-25(36-2)23(28)17-21)18-26(32)29-24-8-4-3-7-22(24)27(33)30-15-5-6-16-30/h3-4,7-14,17H,5-6,15-16,18H2,1-2H3,(H,29,32). The fourth-order valence-electron chi connectivity index (χ4n) is 4.15. The van der Waals surface area contributed by atoms with Crippen molar-refractivity contribution < 1.29 is 22.7 Å². The van der Waals surface area contributed by atoms with E-state index in [-0.39, 0.29) is 10.8 Å². The minimum absolute atomic E-state index is 0.00170. The monoisotopic (exact) mass is 585 g/mol. The molecule has 1 saturated heterocycles. The summed E-state index contributed by atoms with van der Waals surface area (Å²) in [5, 5.41) is 2.76. The number of para-hydroxylation sites is 1. The van der Waals surface area contributed by atoms with Crippen LogP contribution in [0.25, 0.3) is 0 Å². The van der Waals surface area contributed by atoms with Gasteiger partial charge in [-0.2, -0.15) is 0 Å². The van der Waals surface area contributed by atoms with Crippen molar-refractivity contribution in [1.29, 1.82) is 0 Å². The molecule has 1 aliphatic heterocycles. The molecule has 0 unspecified atom stereocenters. The van der Waals surface area contributed by atoms with E-state index in [1.54, 1.807) is 59.5 Å². The summed E-state index contributed by atoms with van der Waals surface area (Å²) < 4.78 is 34.2. The van der Waals surface area contributed by atoms with Gasteiger partial charge in [0.2, 0.25) is 5.91 Å². The van der Waals surface area contributed by atoms with E-state index in [0.717, 1.165) is 22.7 Å². The minimum atomic E-state index is -4.13. The third kappa shape index (κ3) is 5.97. The molecule has 3 aromatic rings. The summed E-state index contributed by atoms with van der Waals surface area (Å²) in [6, 6.07) is 18.1. The van der Waals surface area contributed by atoms with Gasteiger partial charge in [-0.05, 0) is 78.2 Å². The Balaban J connectivity index is 1.64. The molecule has 10 heteroatoms. The van der Waals surface area contributed by atoms with Crippen molar-refractivity contribution in [2.24, 2.45) is 0 Å². The number of amides is 2. The zero-order chi connectivity index (χ0) is 26.6. The van der Waals surface area contributed by atoms with E-state index in [2.05, 4.69) is 21.2 Å². The number of sulfonamides is 1. The van der Waals surface area contributed by atoms with Crippen molar-refractivity contribution in [1.82, 2.24) is 4.90 Å². The summed E-state index contributed by atoms with van der Waals surface area (Å²) in [6.45, 7) is 2.77. The Morgan fingerprint density at radius 1 is 1.03 bits per heavy atom. The molecule has 8 nitrogen and oxygen atoms in total. The van der Waals surface area contributed by atoms with Crippen LogP contribution in [-0.2, 0) is 14.8 Å². The Bertz CT molecular complexity index is 1400. The van der Waals surface area contributed by atoms with E-state index >= 15 is 0 Å². The van der Waals surface area contributed by atoms with Crippen LogP contribution in [0, 0.1) is 6.92 Å². The van der Waals surface area contributed by atoms with Crippen molar-refractivity contribution in [3.8, 4) is 5.75 Å². The lowest BCUT2D eigenvalue weighted by Crippen LogP contribution is -2.38. The van der Waals surface area contributed by atoms with Gasteiger partial charge in [0, 0.05) is 13.1 Å². The molecule has 194 valence electrons. The molecule has 0 saturated carbocycles. The highest BCUT2D eigenvalue weighted by Gasteiger charge is 2.29. The number of hydrogen-bond acceptors (Lipinski definition) is 5. The first-order chi connectivity index (χ1) is 17.7. The van der Waals surface area contributed by atoms with Crippen LogP contribution in [0.3, 0.4) is 0 Å².